The van der Waals surface area contributed by atoms with Gasteiger partial charge in [-0.1, -0.05) is 43.2 Å². The first-order chi connectivity index (χ1) is 7.92. The van der Waals surface area contributed by atoms with E-state index in [-0.39, 0.29) is 0 Å². The Balaban J connectivity index is 2.22. The Kier molecular flexibility index (Phi) is 4.21. The molecule has 1 aromatic rings. The lowest BCUT2D eigenvalue weighted by atomic mass is 9.85. The van der Waals surface area contributed by atoms with Gasteiger partial charge in [0.2, 0.25) is 0 Å². The molecule has 0 aliphatic heterocycles. The lowest BCUT2D eigenvalue weighted by Gasteiger charge is -2.20. The van der Waals surface area contributed by atoms with Gasteiger partial charge >= 0.3 is 0 Å². The first kappa shape index (κ1) is 11.4. The van der Waals surface area contributed by atoms with Crippen molar-refractivity contribution in [3.8, 4) is 0 Å². The third-order valence-electron chi connectivity index (χ3n) is 3.45. The van der Waals surface area contributed by atoms with Gasteiger partial charge in [0.25, 0.3) is 0 Å². The number of benzene rings is 1. The van der Waals surface area contributed by atoms with Crippen LogP contribution in [0.4, 0.5) is 0 Å². The minimum absolute atomic E-state index is 1.26. The number of allylic oxidation sites excluding steroid dienone is 2. The summed E-state index contributed by atoms with van der Waals surface area (Å²) in [7, 11) is 0. The molecule has 0 saturated carbocycles. The Morgan fingerprint density at radius 2 is 2.06 bits per heavy atom. The molecule has 1 aliphatic rings. The molecule has 85 valence electrons. The maximum Gasteiger partial charge on any atom is -0.0103 e. The molecule has 0 nitrogen and oxygen atoms in total. The van der Waals surface area contributed by atoms with Crippen LogP contribution < -0.4 is 0 Å². The zero-order valence-corrected chi connectivity index (χ0v) is 10.3. The standard InChI is InChI=1S/C16H21/c1-2-3-9-14-12-7-8-13-16(14)15-10-5-4-6-11-15/h4-6,10H,2-3,7-9,12-13H2,1H3. The van der Waals surface area contributed by atoms with E-state index in [0.29, 0.717) is 0 Å². The molecule has 0 bridgehead atoms. The van der Waals surface area contributed by atoms with Crippen molar-refractivity contribution < 1.29 is 0 Å². The highest BCUT2D eigenvalue weighted by atomic mass is 14.2. The monoisotopic (exact) mass is 213 g/mol. The predicted octanol–water partition coefficient (Wildman–Crippen LogP) is 5.00. The van der Waals surface area contributed by atoms with Crippen LogP contribution in [0.3, 0.4) is 0 Å². The van der Waals surface area contributed by atoms with Crippen LogP contribution in [0.2, 0.25) is 0 Å². The lowest BCUT2D eigenvalue weighted by Crippen LogP contribution is -2.00. The average molecular weight is 213 g/mol. The minimum atomic E-state index is 1.26. The van der Waals surface area contributed by atoms with E-state index in [4.69, 9.17) is 0 Å². The summed E-state index contributed by atoms with van der Waals surface area (Å²) in [5.41, 5.74) is 4.64. The zero-order valence-electron chi connectivity index (χ0n) is 10.3. The molecule has 0 aromatic heterocycles. The lowest BCUT2D eigenvalue weighted by molar-refractivity contribution is 0.666. The Labute approximate surface area is 99.4 Å². The molecule has 1 aliphatic carbocycles. The van der Waals surface area contributed by atoms with Crippen molar-refractivity contribution in [3.05, 3.63) is 41.5 Å². The maximum atomic E-state index is 3.39. The van der Waals surface area contributed by atoms with Gasteiger partial charge in [-0.25, -0.2) is 0 Å². The quantitative estimate of drug-likeness (QED) is 0.660. The molecule has 0 N–H and O–H groups in total. The fourth-order valence-corrected chi connectivity index (χ4v) is 2.54. The van der Waals surface area contributed by atoms with Crippen molar-refractivity contribution in [1.82, 2.24) is 0 Å². The normalized spacial score (nSPS) is 16.6. The van der Waals surface area contributed by atoms with Crippen LogP contribution in [0.5, 0.6) is 0 Å². The largest absolute Gasteiger partial charge is 0.0664 e. The molecular formula is C16H21. The van der Waals surface area contributed by atoms with E-state index in [0.717, 1.165) is 0 Å². The molecule has 0 heteroatoms. The van der Waals surface area contributed by atoms with Crippen LogP contribution in [0, 0.1) is 6.07 Å². The predicted molar refractivity (Wildman–Crippen MR) is 70.2 cm³/mol. The fraction of sp³-hybridized carbons (Fsp3) is 0.500. The van der Waals surface area contributed by atoms with E-state index in [9.17, 15) is 0 Å². The average Bonchev–Trinajstić information content (AvgIpc) is 2.38. The smallest absolute Gasteiger partial charge is 0.0103 e. The van der Waals surface area contributed by atoms with Crippen LogP contribution in [0.15, 0.2) is 29.8 Å². The van der Waals surface area contributed by atoms with Crippen molar-refractivity contribution in [2.24, 2.45) is 0 Å². The second-order valence-electron chi connectivity index (χ2n) is 4.67. The van der Waals surface area contributed by atoms with Gasteiger partial charge in [0.05, 0.1) is 0 Å². The molecular weight excluding hydrogens is 192 g/mol. The van der Waals surface area contributed by atoms with Gasteiger partial charge in [-0.05, 0) is 55.7 Å². The third kappa shape index (κ3) is 2.75. The van der Waals surface area contributed by atoms with Gasteiger partial charge in [-0.2, -0.15) is 0 Å². The van der Waals surface area contributed by atoms with Crippen molar-refractivity contribution >= 4 is 5.57 Å². The zero-order chi connectivity index (χ0) is 11.2. The molecule has 0 atom stereocenters. The molecule has 0 amide bonds. The number of hydrogen-bond acceptors (Lipinski definition) is 0. The van der Waals surface area contributed by atoms with E-state index < -0.39 is 0 Å². The summed E-state index contributed by atoms with van der Waals surface area (Å²) < 4.78 is 0. The van der Waals surface area contributed by atoms with Crippen LogP contribution in [0.1, 0.15) is 57.4 Å². The Hall–Kier alpha value is -1.04. The molecule has 0 heterocycles. The van der Waals surface area contributed by atoms with Gasteiger partial charge < -0.3 is 0 Å². The molecule has 0 fully saturated rings. The van der Waals surface area contributed by atoms with Crippen LogP contribution >= 0.6 is 0 Å². The summed E-state index contributed by atoms with van der Waals surface area (Å²) in [6, 6.07) is 11.8. The summed E-state index contributed by atoms with van der Waals surface area (Å²) in [4.78, 5) is 0. The molecule has 0 saturated heterocycles. The SMILES string of the molecule is CCCCC1=C(c2[c]cccc2)CCCC1. The van der Waals surface area contributed by atoms with Gasteiger partial charge in [0, 0.05) is 0 Å². The van der Waals surface area contributed by atoms with Crippen molar-refractivity contribution in [2.75, 3.05) is 0 Å². The van der Waals surface area contributed by atoms with Gasteiger partial charge in [0.1, 0.15) is 0 Å². The summed E-state index contributed by atoms with van der Waals surface area (Å²) >= 11 is 0. The summed E-state index contributed by atoms with van der Waals surface area (Å²) in [5.74, 6) is 0. The van der Waals surface area contributed by atoms with Crippen LogP contribution in [0.25, 0.3) is 5.57 Å². The van der Waals surface area contributed by atoms with E-state index in [2.05, 4.69) is 31.2 Å². The Bertz CT molecular complexity index is 346. The van der Waals surface area contributed by atoms with Crippen LogP contribution in [-0.4, -0.2) is 0 Å². The highest BCUT2D eigenvalue weighted by Gasteiger charge is 2.13. The maximum absolute atomic E-state index is 3.39. The van der Waals surface area contributed by atoms with Crippen LogP contribution in [-0.2, 0) is 0 Å². The van der Waals surface area contributed by atoms with E-state index in [1.165, 1.54) is 50.5 Å². The topological polar surface area (TPSA) is 0 Å². The fourth-order valence-electron chi connectivity index (χ4n) is 2.54. The molecule has 2 rings (SSSR count). The van der Waals surface area contributed by atoms with Gasteiger partial charge in [-0.15, -0.1) is 0 Å². The van der Waals surface area contributed by atoms with Gasteiger partial charge in [-0.3, -0.25) is 0 Å². The second-order valence-corrected chi connectivity index (χ2v) is 4.67. The van der Waals surface area contributed by atoms with E-state index in [1.54, 1.807) is 11.1 Å². The Morgan fingerprint density at radius 3 is 2.81 bits per heavy atom. The summed E-state index contributed by atoms with van der Waals surface area (Å²) in [6.45, 7) is 2.28. The third-order valence-corrected chi connectivity index (χ3v) is 3.45. The molecule has 0 spiro atoms. The number of rotatable bonds is 4. The van der Waals surface area contributed by atoms with Crippen molar-refractivity contribution in [3.63, 3.8) is 0 Å². The van der Waals surface area contributed by atoms with Crippen molar-refractivity contribution in [1.29, 1.82) is 0 Å². The number of hydrogen-bond donors (Lipinski definition) is 0. The molecule has 16 heavy (non-hydrogen) atoms. The first-order valence-corrected chi connectivity index (χ1v) is 6.60. The molecule has 1 radical (unpaired) electrons. The highest BCUT2D eigenvalue weighted by molar-refractivity contribution is 5.68. The van der Waals surface area contributed by atoms with Gasteiger partial charge in [0.15, 0.2) is 0 Å². The summed E-state index contributed by atoms with van der Waals surface area (Å²) in [5, 5.41) is 0. The number of unbranched alkanes of at least 4 members (excludes halogenated alkanes) is 1. The highest BCUT2D eigenvalue weighted by Crippen LogP contribution is 2.34. The first-order valence-electron chi connectivity index (χ1n) is 6.60. The Morgan fingerprint density at radius 1 is 1.19 bits per heavy atom. The van der Waals surface area contributed by atoms with Crippen molar-refractivity contribution in [2.45, 2.75) is 51.9 Å². The van der Waals surface area contributed by atoms with E-state index in [1.807, 2.05) is 6.07 Å². The summed E-state index contributed by atoms with van der Waals surface area (Å²) in [6.07, 6.45) is 9.26. The molecule has 1 aromatic carbocycles. The second kappa shape index (κ2) is 5.89. The molecule has 0 unspecified atom stereocenters. The van der Waals surface area contributed by atoms with E-state index >= 15 is 0 Å². The minimum Gasteiger partial charge on any atom is -0.0664 e.